The minimum atomic E-state index is -0.956. The number of allylic oxidation sites excluding steroid dienone is 2. The molecule has 2 aliphatic rings. The number of aliphatic carboxylic acids is 2. The molecule has 0 aromatic carbocycles. The Hall–Kier alpha value is -4.12. The summed E-state index contributed by atoms with van der Waals surface area (Å²) < 4.78 is 0. The lowest BCUT2D eigenvalue weighted by atomic mass is 9.92. The number of aliphatic hydroxyl groups is 1. The first-order valence-corrected chi connectivity index (χ1v) is 15.4. The number of aliphatic hydroxyl groups excluding tert-OH is 1. The van der Waals surface area contributed by atoms with Crippen LogP contribution in [0.15, 0.2) is 17.3 Å². The number of nitrogens with one attached hydrogen (secondary N) is 4. The van der Waals surface area contributed by atoms with Gasteiger partial charge in [-0.3, -0.25) is 19.2 Å². The van der Waals surface area contributed by atoms with Gasteiger partial charge in [0.2, 0.25) is 11.8 Å². The Balaban J connectivity index is 1.76. The van der Waals surface area contributed by atoms with Gasteiger partial charge < -0.3 is 35.9 Å². The van der Waals surface area contributed by atoms with Crippen LogP contribution < -0.4 is 10.6 Å². The first-order valence-electron chi connectivity index (χ1n) is 15.4. The predicted octanol–water partition coefficient (Wildman–Crippen LogP) is 3.53. The minimum absolute atomic E-state index is 0.0218. The number of carbonyl (C=O) groups is 4. The Morgan fingerprint density at radius 2 is 1.55 bits per heavy atom. The van der Waals surface area contributed by atoms with Crippen molar-refractivity contribution < 1.29 is 34.5 Å². The maximum absolute atomic E-state index is 12.5. The summed E-state index contributed by atoms with van der Waals surface area (Å²) in [6.07, 6.45) is 5.60. The van der Waals surface area contributed by atoms with Crippen molar-refractivity contribution in [3.63, 3.8) is 0 Å². The van der Waals surface area contributed by atoms with Gasteiger partial charge in [-0.05, 0) is 55.9 Å². The van der Waals surface area contributed by atoms with E-state index in [0.29, 0.717) is 36.0 Å². The van der Waals surface area contributed by atoms with E-state index in [1.807, 2.05) is 46.8 Å². The van der Waals surface area contributed by atoms with E-state index in [-0.39, 0.29) is 61.5 Å². The largest absolute Gasteiger partial charge is 0.481 e. The lowest BCUT2D eigenvalue weighted by Crippen LogP contribution is -2.30. The zero-order valence-corrected chi connectivity index (χ0v) is 26.1. The molecular weight excluding hydrogens is 564 g/mol. The van der Waals surface area contributed by atoms with Crippen molar-refractivity contribution in [2.45, 2.75) is 92.2 Å². The Kier molecular flexibility index (Phi) is 10.2. The first kappa shape index (κ1) is 32.8. The predicted molar refractivity (Wildman–Crippen MR) is 165 cm³/mol. The van der Waals surface area contributed by atoms with Crippen LogP contribution in [0.3, 0.4) is 0 Å². The molecule has 0 spiro atoms. The van der Waals surface area contributed by atoms with Crippen molar-refractivity contribution in [1.82, 2.24) is 20.6 Å². The molecule has 1 unspecified atom stereocenters. The lowest BCUT2D eigenvalue weighted by Gasteiger charge is -2.15. The maximum Gasteiger partial charge on any atom is 0.303 e. The molecule has 7 N–H and O–H groups in total. The molecule has 2 fully saturated rings. The quantitative estimate of drug-likeness (QED) is 0.170. The number of aromatic nitrogens is 2. The Morgan fingerprint density at radius 3 is 2.11 bits per heavy atom. The molecule has 2 saturated heterocycles. The van der Waals surface area contributed by atoms with Gasteiger partial charge in [0, 0.05) is 89.1 Å². The number of carbonyl (C=O) groups excluding carboxylic acids is 2. The van der Waals surface area contributed by atoms with Crippen molar-refractivity contribution in [1.29, 1.82) is 0 Å². The van der Waals surface area contributed by atoms with Gasteiger partial charge in [-0.1, -0.05) is 26.8 Å². The Bertz CT molecular complexity index is 1510. The van der Waals surface area contributed by atoms with Gasteiger partial charge in [0.15, 0.2) is 0 Å². The Labute approximate surface area is 257 Å². The summed E-state index contributed by atoms with van der Waals surface area (Å²) in [5.74, 6) is -2.14. The number of carboxylic acids is 2. The maximum atomic E-state index is 12.5. The lowest BCUT2D eigenvalue weighted by molar-refractivity contribution is -0.138. The van der Waals surface area contributed by atoms with Gasteiger partial charge in [-0.2, -0.15) is 0 Å². The van der Waals surface area contributed by atoms with Crippen LogP contribution in [0.5, 0.6) is 0 Å². The van der Waals surface area contributed by atoms with Crippen molar-refractivity contribution in [2.24, 2.45) is 17.8 Å². The van der Waals surface area contributed by atoms with E-state index in [4.69, 9.17) is 0 Å². The number of H-pyrrole nitrogens is 2. The number of hydrogen-bond acceptors (Lipinski definition) is 5. The van der Waals surface area contributed by atoms with Crippen LogP contribution in [0, 0.1) is 24.7 Å². The van der Waals surface area contributed by atoms with Crippen LogP contribution in [0.4, 0.5) is 0 Å². The van der Waals surface area contributed by atoms with Crippen LogP contribution >= 0.6 is 0 Å². The molecule has 238 valence electrons. The van der Waals surface area contributed by atoms with Crippen molar-refractivity contribution >= 4 is 29.8 Å². The number of carboxylic acid groups (broad SMARTS) is 2. The van der Waals surface area contributed by atoms with Crippen LogP contribution in [-0.2, 0) is 51.5 Å². The number of hydrogen-bond donors (Lipinski definition) is 7. The molecule has 0 saturated carbocycles. The molecule has 0 aliphatic carbocycles. The summed E-state index contributed by atoms with van der Waals surface area (Å²) in [6, 6.07) is -0.189. The highest BCUT2D eigenvalue weighted by Crippen LogP contribution is 2.34. The molecular formula is C33H44N4O7. The third-order valence-corrected chi connectivity index (χ3v) is 9.42. The summed E-state index contributed by atoms with van der Waals surface area (Å²) in [5, 5.41) is 35.4. The molecule has 2 amide bonds. The van der Waals surface area contributed by atoms with Gasteiger partial charge in [0.1, 0.15) is 0 Å². The minimum Gasteiger partial charge on any atom is -0.481 e. The molecule has 11 heteroatoms. The SMILES string of the molecule is C/C=C1\C(=O)N[C@H](Cc2[nH]c(Cc3[nH]c(/C=C4\NC(=O)[C@H](C)[C@H]4CC)c(C)c3CCC(=O)O)c(CCC(=O)O)c2CO)C1C. The van der Waals surface area contributed by atoms with Crippen LogP contribution in [0.2, 0.25) is 0 Å². The molecule has 4 atom stereocenters. The smallest absolute Gasteiger partial charge is 0.303 e. The summed E-state index contributed by atoms with van der Waals surface area (Å²) in [4.78, 5) is 54.9. The van der Waals surface area contributed by atoms with Crippen LogP contribution in [0.1, 0.15) is 92.0 Å². The summed E-state index contributed by atoms with van der Waals surface area (Å²) >= 11 is 0. The molecule has 0 bridgehead atoms. The van der Waals surface area contributed by atoms with Gasteiger partial charge in [0.25, 0.3) is 0 Å². The average Bonchev–Trinajstić information content (AvgIpc) is 3.63. The second-order valence-electron chi connectivity index (χ2n) is 12.0. The van der Waals surface area contributed by atoms with Gasteiger partial charge in [0.05, 0.1) is 6.61 Å². The number of amides is 2. The van der Waals surface area contributed by atoms with Crippen LogP contribution in [-0.4, -0.2) is 55.1 Å². The fourth-order valence-corrected chi connectivity index (χ4v) is 6.82. The monoisotopic (exact) mass is 608 g/mol. The molecule has 2 aliphatic heterocycles. The normalized spacial score (nSPS) is 23.5. The highest BCUT2D eigenvalue weighted by Gasteiger charge is 2.36. The summed E-state index contributed by atoms with van der Waals surface area (Å²) in [7, 11) is 0. The fraction of sp³-hybridized carbons (Fsp3) is 0.515. The van der Waals surface area contributed by atoms with E-state index in [9.17, 15) is 34.5 Å². The standard InChI is InChI=1S/C33H44N4O7/c1-6-19-18(5)32(43)37-26(19)12-24-17(4)21(8-10-30(39)40)27(34-24)14-28-22(9-11-31(41)42)23(15-38)29(35-28)13-25-16(3)20(7-2)33(44)36-25/h7,12,16,18-19,25,34-35,38H,6,8-11,13-15H2,1-5H3,(H,36,44)(H,37,43)(H,39,40)(H,41,42)/b20-7-,26-12-/t16?,18-,19-,25-/m1/s1. The van der Waals surface area contributed by atoms with Gasteiger partial charge in [-0.25, -0.2) is 0 Å². The molecule has 4 rings (SSSR count). The van der Waals surface area contributed by atoms with E-state index in [1.54, 1.807) is 0 Å². The molecule has 11 nitrogen and oxygen atoms in total. The first-order chi connectivity index (χ1) is 20.9. The molecule has 2 aromatic rings. The van der Waals surface area contributed by atoms with Gasteiger partial charge in [-0.15, -0.1) is 0 Å². The molecule has 0 radical (unpaired) electrons. The van der Waals surface area contributed by atoms with E-state index in [1.165, 1.54) is 0 Å². The molecule has 4 heterocycles. The van der Waals surface area contributed by atoms with Crippen molar-refractivity contribution in [2.75, 3.05) is 0 Å². The third kappa shape index (κ3) is 6.67. The topological polar surface area (TPSA) is 185 Å². The average molecular weight is 609 g/mol. The third-order valence-electron chi connectivity index (χ3n) is 9.42. The second-order valence-corrected chi connectivity index (χ2v) is 12.0. The Morgan fingerprint density at radius 1 is 0.909 bits per heavy atom. The van der Waals surface area contributed by atoms with E-state index < -0.39 is 11.9 Å². The van der Waals surface area contributed by atoms with E-state index in [0.717, 1.165) is 46.0 Å². The molecule has 2 aromatic heterocycles. The highest BCUT2D eigenvalue weighted by molar-refractivity contribution is 5.96. The van der Waals surface area contributed by atoms with Crippen molar-refractivity contribution in [3.05, 3.63) is 62.4 Å². The summed E-state index contributed by atoms with van der Waals surface area (Å²) in [6.45, 7) is 9.39. The number of aromatic amines is 2. The van der Waals surface area contributed by atoms with Gasteiger partial charge >= 0.3 is 11.9 Å². The zero-order valence-electron chi connectivity index (χ0n) is 26.1. The number of rotatable bonds is 13. The van der Waals surface area contributed by atoms with Crippen molar-refractivity contribution in [3.8, 4) is 0 Å². The van der Waals surface area contributed by atoms with E-state index >= 15 is 0 Å². The fourth-order valence-electron chi connectivity index (χ4n) is 6.82. The molecule has 44 heavy (non-hydrogen) atoms. The zero-order chi connectivity index (χ0) is 32.3. The summed E-state index contributed by atoms with van der Waals surface area (Å²) in [5.41, 5.74) is 7.66. The van der Waals surface area contributed by atoms with E-state index in [2.05, 4.69) is 20.6 Å². The highest BCUT2D eigenvalue weighted by atomic mass is 16.4. The second kappa shape index (κ2) is 13.7. The van der Waals surface area contributed by atoms with Crippen LogP contribution in [0.25, 0.3) is 6.08 Å².